The lowest BCUT2D eigenvalue weighted by Gasteiger charge is -2.28. The smallest absolute Gasteiger partial charge is 0.410 e. The molecular weight excluding hydrogens is 285 g/mol. The topological polar surface area (TPSA) is 49.8 Å². The first kappa shape index (κ1) is 18.4. The number of benzene rings is 1. The van der Waals surface area contributed by atoms with Crippen LogP contribution in [0.1, 0.15) is 39.7 Å². The highest BCUT2D eigenvalue weighted by Crippen LogP contribution is 2.12. The molecule has 0 fully saturated rings. The fraction of sp³-hybridized carbons (Fsp3) is 0.588. The molecule has 0 aliphatic heterocycles. The number of carbonyl (C=O) groups is 1. The predicted octanol–water partition coefficient (Wildman–Crippen LogP) is 3.38. The number of nitrogens with zero attached hydrogens (tertiary/aromatic N) is 1. The van der Waals surface area contributed by atoms with Crippen molar-refractivity contribution in [3.8, 4) is 0 Å². The van der Waals surface area contributed by atoms with Gasteiger partial charge in [0.15, 0.2) is 0 Å². The van der Waals surface area contributed by atoms with Gasteiger partial charge in [-0.25, -0.2) is 9.18 Å². The van der Waals surface area contributed by atoms with E-state index >= 15 is 0 Å². The molecule has 1 amide bonds. The van der Waals surface area contributed by atoms with Crippen molar-refractivity contribution in [1.82, 2.24) is 4.90 Å². The quantitative estimate of drug-likeness (QED) is 0.876. The van der Waals surface area contributed by atoms with Crippen LogP contribution in [0.25, 0.3) is 0 Å². The van der Waals surface area contributed by atoms with Gasteiger partial charge in [0.2, 0.25) is 0 Å². The fourth-order valence-corrected chi connectivity index (χ4v) is 2.11. The summed E-state index contributed by atoms with van der Waals surface area (Å²) in [4.78, 5) is 13.6. The van der Waals surface area contributed by atoms with Crippen LogP contribution in [0, 0.1) is 5.82 Å². The van der Waals surface area contributed by atoms with Crippen molar-refractivity contribution in [2.45, 2.75) is 52.2 Å². The summed E-state index contributed by atoms with van der Waals surface area (Å²) < 4.78 is 18.5. The zero-order valence-electron chi connectivity index (χ0n) is 13.8. The molecule has 0 radical (unpaired) electrons. The lowest BCUT2D eigenvalue weighted by Crippen LogP contribution is -2.42. The van der Waals surface area contributed by atoms with Gasteiger partial charge in [0, 0.05) is 13.0 Å². The van der Waals surface area contributed by atoms with Crippen molar-refractivity contribution in [2.75, 3.05) is 13.1 Å². The average Bonchev–Trinajstić information content (AvgIpc) is 2.36. The molecule has 1 rings (SSSR count). The highest BCUT2D eigenvalue weighted by Gasteiger charge is 2.23. The Balaban J connectivity index is 2.63. The molecule has 1 N–H and O–H groups in total. The van der Waals surface area contributed by atoms with Crippen LogP contribution < -0.4 is 0 Å². The Bertz CT molecular complexity index is 485. The van der Waals surface area contributed by atoms with E-state index < -0.39 is 17.8 Å². The maximum absolute atomic E-state index is 13.1. The van der Waals surface area contributed by atoms with Crippen molar-refractivity contribution in [1.29, 1.82) is 0 Å². The van der Waals surface area contributed by atoms with Crippen LogP contribution >= 0.6 is 0 Å². The number of halogens is 1. The second-order valence-corrected chi connectivity index (χ2v) is 6.41. The molecule has 0 aromatic heterocycles. The van der Waals surface area contributed by atoms with Crippen LogP contribution in [0.2, 0.25) is 0 Å². The number of amides is 1. The fourth-order valence-electron chi connectivity index (χ4n) is 2.11. The third-order valence-corrected chi connectivity index (χ3v) is 2.94. The lowest BCUT2D eigenvalue weighted by atomic mass is 10.1. The molecule has 0 saturated carbocycles. The van der Waals surface area contributed by atoms with E-state index in [4.69, 9.17) is 4.74 Å². The third kappa shape index (κ3) is 6.89. The van der Waals surface area contributed by atoms with Gasteiger partial charge in [-0.3, -0.25) is 0 Å². The molecule has 0 aliphatic rings. The zero-order valence-corrected chi connectivity index (χ0v) is 13.8. The molecule has 22 heavy (non-hydrogen) atoms. The maximum atomic E-state index is 13.1. The minimum Gasteiger partial charge on any atom is -0.444 e. The van der Waals surface area contributed by atoms with Gasteiger partial charge in [0.1, 0.15) is 11.4 Å². The van der Waals surface area contributed by atoms with E-state index in [1.165, 1.54) is 17.0 Å². The Hall–Kier alpha value is -1.62. The Labute approximate surface area is 131 Å². The number of aliphatic hydroxyl groups excluding tert-OH is 1. The molecular formula is C17H26FNO3. The number of aliphatic hydroxyl groups is 1. The van der Waals surface area contributed by atoms with Crippen molar-refractivity contribution in [3.05, 3.63) is 35.6 Å². The van der Waals surface area contributed by atoms with E-state index in [1.54, 1.807) is 32.9 Å². The highest BCUT2D eigenvalue weighted by atomic mass is 19.1. The standard InChI is InChI=1S/C17H26FNO3/c1-5-9-19(16(21)22-17(2,3)4)12-15(20)11-13-7-6-8-14(18)10-13/h6-8,10,15,20H,5,9,11-12H2,1-4H3. The average molecular weight is 311 g/mol. The SMILES string of the molecule is CCCN(CC(O)Cc1cccc(F)c1)C(=O)OC(C)(C)C. The first-order chi connectivity index (χ1) is 10.2. The first-order valence-electron chi connectivity index (χ1n) is 7.61. The van der Waals surface area contributed by atoms with Crippen molar-refractivity contribution in [2.24, 2.45) is 0 Å². The van der Waals surface area contributed by atoms with Crippen LogP contribution in [0.3, 0.4) is 0 Å². The molecule has 5 heteroatoms. The number of hydrogen-bond acceptors (Lipinski definition) is 3. The van der Waals surface area contributed by atoms with Crippen LogP contribution in [0.5, 0.6) is 0 Å². The Morgan fingerprint density at radius 1 is 1.41 bits per heavy atom. The number of ether oxygens (including phenoxy) is 1. The summed E-state index contributed by atoms with van der Waals surface area (Å²) in [6, 6.07) is 6.11. The van der Waals surface area contributed by atoms with Crippen molar-refractivity contribution in [3.63, 3.8) is 0 Å². The van der Waals surface area contributed by atoms with Crippen LogP contribution in [-0.2, 0) is 11.2 Å². The molecule has 0 heterocycles. The Morgan fingerprint density at radius 2 is 2.09 bits per heavy atom. The van der Waals surface area contributed by atoms with E-state index in [9.17, 15) is 14.3 Å². The van der Waals surface area contributed by atoms with Gasteiger partial charge in [-0.2, -0.15) is 0 Å². The van der Waals surface area contributed by atoms with E-state index in [0.717, 1.165) is 6.42 Å². The molecule has 1 aromatic carbocycles. The van der Waals surface area contributed by atoms with E-state index in [-0.39, 0.29) is 12.4 Å². The molecule has 0 spiro atoms. The monoisotopic (exact) mass is 311 g/mol. The number of rotatable bonds is 6. The maximum Gasteiger partial charge on any atom is 0.410 e. The molecule has 0 bridgehead atoms. The molecule has 1 atom stereocenters. The normalized spacial score (nSPS) is 12.8. The third-order valence-electron chi connectivity index (χ3n) is 2.94. The molecule has 4 nitrogen and oxygen atoms in total. The van der Waals surface area contributed by atoms with Gasteiger partial charge in [0.05, 0.1) is 12.6 Å². The zero-order chi connectivity index (χ0) is 16.8. The summed E-state index contributed by atoms with van der Waals surface area (Å²) in [6.07, 6.45) is -0.138. The second-order valence-electron chi connectivity index (χ2n) is 6.41. The summed E-state index contributed by atoms with van der Waals surface area (Å²) in [5, 5.41) is 10.2. The van der Waals surface area contributed by atoms with Crippen LogP contribution in [0.15, 0.2) is 24.3 Å². The van der Waals surface area contributed by atoms with Crippen molar-refractivity contribution >= 4 is 6.09 Å². The largest absolute Gasteiger partial charge is 0.444 e. The number of carbonyl (C=O) groups excluding carboxylic acids is 1. The molecule has 1 unspecified atom stereocenters. The molecule has 0 aliphatic carbocycles. The van der Waals surface area contributed by atoms with E-state index in [0.29, 0.717) is 18.5 Å². The molecule has 1 aromatic rings. The molecule has 124 valence electrons. The van der Waals surface area contributed by atoms with Gasteiger partial charge in [0.25, 0.3) is 0 Å². The van der Waals surface area contributed by atoms with Gasteiger partial charge in [-0.15, -0.1) is 0 Å². The Kier molecular flexibility index (Phi) is 6.81. The predicted molar refractivity (Wildman–Crippen MR) is 84.2 cm³/mol. The summed E-state index contributed by atoms with van der Waals surface area (Å²) in [6.45, 7) is 8.04. The first-order valence-corrected chi connectivity index (χ1v) is 7.61. The minimum absolute atomic E-state index is 0.166. The Morgan fingerprint density at radius 3 is 2.64 bits per heavy atom. The van der Waals surface area contributed by atoms with E-state index in [2.05, 4.69) is 0 Å². The van der Waals surface area contributed by atoms with Crippen LogP contribution in [-0.4, -0.2) is 40.9 Å². The lowest BCUT2D eigenvalue weighted by molar-refractivity contribution is 0.0146. The van der Waals surface area contributed by atoms with E-state index in [1.807, 2.05) is 6.92 Å². The summed E-state index contributed by atoms with van der Waals surface area (Å²) in [5.74, 6) is -0.331. The minimum atomic E-state index is -0.763. The number of hydrogen-bond donors (Lipinski definition) is 1. The summed E-state index contributed by atoms with van der Waals surface area (Å²) >= 11 is 0. The van der Waals surface area contributed by atoms with Crippen molar-refractivity contribution < 1.29 is 19.0 Å². The second kappa shape index (κ2) is 8.13. The summed E-state index contributed by atoms with van der Waals surface area (Å²) in [7, 11) is 0. The van der Waals surface area contributed by atoms with Gasteiger partial charge in [-0.05, 0) is 44.9 Å². The molecule has 0 saturated heterocycles. The van der Waals surface area contributed by atoms with Gasteiger partial charge in [-0.1, -0.05) is 19.1 Å². The van der Waals surface area contributed by atoms with Gasteiger partial charge < -0.3 is 14.7 Å². The highest BCUT2D eigenvalue weighted by molar-refractivity contribution is 5.68. The van der Waals surface area contributed by atoms with Gasteiger partial charge >= 0.3 is 6.09 Å². The van der Waals surface area contributed by atoms with Crippen LogP contribution in [0.4, 0.5) is 9.18 Å². The summed E-state index contributed by atoms with van der Waals surface area (Å²) in [5.41, 5.74) is 0.129.